The Labute approximate surface area is 108 Å². The van der Waals surface area contributed by atoms with Crippen LogP contribution in [-0.4, -0.2) is 19.8 Å². The van der Waals surface area contributed by atoms with E-state index in [0.717, 1.165) is 37.6 Å². The van der Waals surface area contributed by atoms with E-state index >= 15 is 0 Å². The van der Waals surface area contributed by atoms with Crippen LogP contribution in [0.15, 0.2) is 24.3 Å². The van der Waals surface area contributed by atoms with E-state index < -0.39 is 0 Å². The quantitative estimate of drug-likeness (QED) is 0.888. The minimum absolute atomic E-state index is 0.432. The summed E-state index contributed by atoms with van der Waals surface area (Å²) < 4.78 is 5.43. The first-order chi connectivity index (χ1) is 8.31. The van der Waals surface area contributed by atoms with Crippen LogP contribution in [0.5, 0.6) is 0 Å². The Hall–Kier alpha value is -0.570. The van der Waals surface area contributed by atoms with Gasteiger partial charge in [0.1, 0.15) is 0 Å². The second-order valence-electron chi connectivity index (χ2n) is 4.54. The SMILES string of the molecule is CCNC(c1ccc(Cl)cc1)C1CCOCC1. The lowest BCUT2D eigenvalue weighted by Crippen LogP contribution is -2.32. The Morgan fingerprint density at radius 3 is 2.53 bits per heavy atom. The molecule has 0 aliphatic carbocycles. The standard InChI is InChI=1S/C14H20ClNO/c1-2-16-14(12-7-9-17-10-8-12)11-3-5-13(15)6-4-11/h3-6,12,14,16H,2,7-10H2,1H3. The van der Waals surface area contributed by atoms with Crippen molar-refractivity contribution >= 4 is 11.6 Å². The van der Waals surface area contributed by atoms with Crippen molar-refractivity contribution in [1.29, 1.82) is 0 Å². The fourth-order valence-electron chi connectivity index (χ4n) is 2.50. The number of benzene rings is 1. The molecule has 1 aromatic rings. The Kier molecular flexibility index (Phi) is 4.84. The highest BCUT2D eigenvalue weighted by Gasteiger charge is 2.24. The maximum Gasteiger partial charge on any atom is 0.0469 e. The molecule has 17 heavy (non-hydrogen) atoms. The van der Waals surface area contributed by atoms with Gasteiger partial charge in [-0.25, -0.2) is 0 Å². The summed E-state index contributed by atoms with van der Waals surface area (Å²) in [4.78, 5) is 0. The molecule has 1 heterocycles. The van der Waals surface area contributed by atoms with Gasteiger partial charge in [0.05, 0.1) is 0 Å². The molecule has 0 radical (unpaired) electrons. The Balaban J connectivity index is 2.12. The molecular weight excluding hydrogens is 234 g/mol. The van der Waals surface area contributed by atoms with Crippen molar-refractivity contribution in [3.05, 3.63) is 34.9 Å². The molecule has 1 aromatic carbocycles. The van der Waals surface area contributed by atoms with Crippen LogP contribution in [0.4, 0.5) is 0 Å². The van der Waals surface area contributed by atoms with Gasteiger partial charge in [0.2, 0.25) is 0 Å². The van der Waals surface area contributed by atoms with Gasteiger partial charge in [0, 0.05) is 24.3 Å². The van der Waals surface area contributed by atoms with Gasteiger partial charge in [0.15, 0.2) is 0 Å². The maximum atomic E-state index is 5.94. The Bertz CT molecular complexity index is 333. The summed E-state index contributed by atoms with van der Waals surface area (Å²) in [5.74, 6) is 0.671. The second kappa shape index (κ2) is 6.39. The molecule has 0 amide bonds. The fraction of sp³-hybridized carbons (Fsp3) is 0.571. The van der Waals surface area contributed by atoms with E-state index in [1.54, 1.807) is 0 Å². The number of hydrogen-bond donors (Lipinski definition) is 1. The lowest BCUT2D eigenvalue weighted by atomic mass is 9.87. The van der Waals surface area contributed by atoms with E-state index in [9.17, 15) is 0 Å². The van der Waals surface area contributed by atoms with Crippen molar-refractivity contribution in [2.45, 2.75) is 25.8 Å². The molecule has 2 rings (SSSR count). The van der Waals surface area contributed by atoms with E-state index in [-0.39, 0.29) is 0 Å². The number of hydrogen-bond acceptors (Lipinski definition) is 2. The van der Waals surface area contributed by atoms with Crippen molar-refractivity contribution in [3.8, 4) is 0 Å². The summed E-state index contributed by atoms with van der Waals surface area (Å²) in [6.07, 6.45) is 2.28. The molecule has 3 heteroatoms. The molecule has 1 aliphatic rings. The zero-order chi connectivity index (χ0) is 12.1. The molecule has 1 saturated heterocycles. The van der Waals surface area contributed by atoms with Gasteiger partial charge in [-0.2, -0.15) is 0 Å². The first-order valence-corrected chi connectivity index (χ1v) is 6.75. The highest BCUT2D eigenvalue weighted by molar-refractivity contribution is 6.30. The molecule has 1 unspecified atom stereocenters. The largest absolute Gasteiger partial charge is 0.381 e. The van der Waals surface area contributed by atoms with Gasteiger partial charge in [-0.15, -0.1) is 0 Å². The van der Waals surface area contributed by atoms with Crippen LogP contribution in [0.2, 0.25) is 5.02 Å². The highest BCUT2D eigenvalue weighted by Crippen LogP contribution is 2.30. The Morgan fingerprint density at radius 2 is 1.94 bits per heavy atom. The summed E-state index contributed by atoms with van der Waals surface area (Å²) in [6, 6.07) is 8.64. The minimum atomic E-state index is 0.432. The van der Waals surface area contributed by atoms with E-state index in [4.69, 9.17) is 16.3 Å². The van der Waals surface area contributed by atoms with Gasteiger partial charge < -0.3 is 10.1 Å². The predicted molar refractivity (Wildman–Crippen MR) is 71.4 cm³/mol. The molecule has 94 valence electrons. The number of rotatable bonds is 4. The smallest absolute Gasteiger partial charge is 0.0469 e. The lowest BCUT2D eigenvalue weighted by Gasteiger charge is -2.31. The van der Waals surface area contributed by atoms with Gasteiger partial charge in [-0.05, 0) is 43.0 Å². The minimum Gasteiger partial charge on any atom is -0.381 e. The van der Waals surface area contributed by atoms with E-state index in [2.05, 4.69) is 24.4 Å². The molecule has 1 aliphatic heterocycles. The molecule has 0 aromatic heterocycles. The first kappa shape index (κ1) is 12.9. The molecule has 0 spiro atoms. The van der Waals surface area contributed by atoms with Crippen LogP contribution in [0.3, 0.4) is 0 Å². The fourth-order valence-corrected chi connectivity index (χ4v) is 2.62. The van der Waals surface area contributed by atoms with Crippen LogP contribution in [0.25, 0.3) is 0 Å². The normalized spacial score (nSPS) is 19.2. The predicted octanol–water partition coefficient (Wildman–Crippen LogP) is 3.42. The summed E-state index contributed by atoms with van der Waals surface area (Å²) in [7, 11) is 0. The van der Waals surface area contributed by atoms with Crippen molar-refractivity contribution < 1.29 is 4.74 Å². The average molecular weight is 254 g/mol. The molecule has 1 fully saturated rings. The monoisotopic (exact) mass is 253 g/mol. The summed E-state index contributed by atoms with van der Waals surface area (Å²) in [5, 5.41) is 4.39. The van der Waals surface area contributed by atoms with Gasteiger partial charge in [-0.1, -0.05) is 30.7 Å². The van der Waals surface area contributed by atoms with Gasteiger partial charge in [-0.3, -0.25) is 0 Å². The van der Waals surface area contributed by atoms with Crippen LogP contribution in [-0.2, 0) is 4.74 Å². The third-order valence-electron chi connectivity index (χ3n) is 3.39. The molecule has 0 saturated carbocycles. The highest BCUT2D eigenvalue weighted by atomic mass is 35.5. The van der Waals surface area contributed by atoms with Crippen molar-refractivity contribution in [1.82, 2.24) is 5.32 Å². The molecule has 1 atom stereocenters. The number of ether oxygens (including phenoxy) is 1. The molecular formula is C14H20ClNO. The van der Waals surface area contributed by atoms with E-state index in [0.29, 0.717) is 12.0 Å². The second-order valence-corrected chi connectivity index (χ2v) is 4.97. The van der Waals surface area contributed by atoms with Crippen molar-refractivity contribution in [2.24, 2.45) is 5.92 Å². The summed E-state index contributed by atoms with van der Waals surface area (Å²) >= 11 is 5.94. The molecule has 0 bridgehead atoms. The lowest BCUT2D eigenvalue weighted by molar-refractivity contribution is 0.0538. The van der Waals surface area contributed by atoms with Crippen molar-refractivity contribution in [2.75, 3.05) is 19.8 Å². The maximum absolute atomic E-state index is 5.94. The zero-order valence-electron chi connectivity index (χ0n) is 10.3. The molecule has 2 nitrogen and oxygen atoms in total. The third kappa shape index (κ3) is 3.44. The topological polar surface area (TPSA) is 21.3 Å². The van der Waals surface area contributed by atoms with Gasteiger partial charge in [0.25, 0.3) is 0 Å². The Morgan fingerprint density at radius 1 is 1.29 bits per heavy atom. The van der Waals surface area contributed by atoms with E-state index in [1.165, 1.54) is 5.56 Å². The zero-order valence-corrected chi connectivity index (χ0v) is 11.0. The number of nitrogens with one attached hydrogen (secondary N) is 1. The molecule has 1 N–H and O–H groups in total. The van der Waals surface area contributed by atoms with Crippen LogP contribution < -0.4 is 5.32 Å². The third-order valence-corrected chi connectivity index (χ3v) is 3.64. The van der Waals surface area contributed by atoms with Crippen LogP contribution in [0.1, 0.15) is 31.4 Å². The summed E-state index contributed by atoms with van der Waals surface area (Å²) in [5.41, 5.74) is 1.34. The average Bonchev–Trinajstić information content (AvgIpc) is 2.38. The number of halogens is 1. The van der Waals surface area contributed by atoms with Crippen LogP contribution in [0, 0.1) is 5.92 Å². The van der Waals surface area contributed by atoms with Crippen molar-refractivity contribution in [3.63, 3.8) is 0 Å². The van der Waals surface area contributed by atoms with Gasteiger partial charge >= 0.3 is 0 Å². The first-order valence-electron chi connectivity index (χ1n) is 6.38. The van der Waals surface area contributed by atoms with Crippen LogP contribution >= 0.6 is 11.6 Å². The summed E-state index contributed by atoms with van der Waals surface area (Å²) in [6.45, 7) is 4.92. The van der Waals surface area contributed by atoms with E-state index in [1.807, 2.05) is 12.1 Å².